The van der Waals surface area contributed by atoms with Crippen LogP contribution in [0.2, 0.25) is 0 Å². The maximum absolute atomic E-state index is 12.1. The summed E-state index contributed by atoms with van der Waals surface area (Å²) in [7, 11) is 1.78. The number of nitrogens with one attached hydrogen (secondary N) is 3. The standard InChI is InChI=1S/C13H17N3O2/c1-14-11-5-3-2-4-10(11)13(18)16-9-6-7-12(17)15-8-9/h2-5,9,14H,6-8H2,1H3,(H,15,17)(H,16,18). The predicted molar refractivity (Wildman–Crippen MR) is 69.5 cm³/mol. The van der Waals surface area contributed by atoms with Crippen molar-refractivity contribution in [3.8, 4) is 0 Å². The van der Waals surface area contributed by atoms with Gasteiger partial charge < -0.3 is 16.0 Å². The molecule has 1 aliphatic rings. The van der Waals surface area contributed by atoms with Crippen LogP contribution in [0.1, 0.15) is 23.2 Å². The molecule has 1 atom stereocenters. The second-order valence-corrected chi connectivity index (χ2v) is 4.31. The fraction of sp³-hybridized carbons (Fsp3) is 0.385. The van der Waals surface area contributed by atoms with Gasteiger partial charge in [0.2, 0.25) is 5.91 Å². The highest BCUT2D eigenvalue weighted by Crippen LogP contribution is 2.14. The first-order valence-electron chi connectivity index (χ1n) is 6.05. The molecule has 2 rings (SSSR count). The lowest BCUT2D eigenvalue weighted by Crippen LogP contribution is -2.47. The Kier molecular flexibility index (Phi) is 3.82. The highest BCUT2D eigenvalue weighted by molar-refractivity contribution is 5.99. The minimum absolute atomic E-state index is 0.0140. The molecular formula is C13H17N3O2. The van der Waals surface area contributed by atoms with Crippen LogP contribution < -0.4 is 16.0 Å². The molecule has 1 saturated heterocycles. The minimum Gasteiger partial charge on any atom is -0.387 e. The van der Waals surface area contributed by atoms with E-state index in [0.717, 1.165) is 5.69 Å². The fourth-order valence-electron chi connectivity index (χ4n) is 2.02. The molecule has 1 aromatic rings. The van der Waals surface area contributed by atoms with E-state index in [4.69, 9.17) is 0 Å². The molecule has 1 aliphatic heterocycles. The monoisotopic (exact) mass is 247 g/mol. The third kappa shape index (κ3) is 2.80. The van der Waals surface area contributed by atoms with Crippen LogP contribution >= 0.6 is 0 Å². The van der Waals surface area contributed by atoms with Gasteiger partial charge in [-0.25, -0.2) is 0 Å². The summed E-state index contributed by atoms with van der Waals surface area (Å²) in [5.74, 6) is -0.0581. The van der Waals surface area contributed by atoms with Crippen molar-refractivity contribution in [3.63, 3.8) is 0 Å². The molecule has 18 heavy (non-hydrogen) atoms. The van der Waals surface area contributed by atoms with E-state index >= 15 is 0 Å². The van der Waals surface area contributed by atoms with E-state index in [0.29, 0.717) is 24.9 Å². The first-order chi connectivity index (χ1) is 8.70. The first kappa shape index (κ1) is 12.4. The summed E-state index contributed by atoms with van der Waals surface area (Å²) in [5.41, 5.74) is 1.42. The third-order valence-electron chi connectivity index (χ3n) is 3.04. The molecule has 1 unspecified atom stereocenters. The van der Waals surface area contributed by atoms with E-state index in [-0.39, 0.29) is 17.9 Å². The van der Waals surface area contributed by atoms with Gasteiger partial charge in [-0.15, -0.1) is 0 Å². The SMILES string of the molecule is CNc1ccccc1C(=O)NC1CCC(=O)NC1. The lowest BCUT2D eigenvalue weighted by Gasteiger charge is -2.23. The van der Waals surface area contributed by atoms with Gasteiger partial charge in [0.25, 0.3) is 5.91 Å². The number of hydrogen-bond acceptors (Lipinski definition) is 3. The quantitative estimate of drug-likeness (QED) is 0.737. The van der Waals surface area contributed by atoms with Gasteiger partial charge in [0, 0.05) is 31.7 Å². The van der Waals surface area contributed by atoms with Crippen LogP contribution in [0.5, 0.6) is 0 Å². The second kappa shape index (κ2) is 5.53. The van der Waals surface area contributed by atoms with E-state index < -0.39 is 0 Å². The maximum Gasteiger partial charge on any atom is 0.253 e. The van der Waals surface area contributed by atoms with Crippen molar-refractivity contribution in [1.82, 2.24) is 10.6 Å². The van der Waals surface area contributed by atoms with Gasteiger partial charge in [-0.2, -0.15) is 0 Å². The number of rotatable bonds is 3. The second-order valence-electron chi connectivity index (χ2n) is 4.31. The Morgan fingerprint density at radius 1 is 1.39 bits per heavy atom. The van der Waals surface area contributed by atoms with Gasteiger partial charge in [0.1, 0.15) is 0 Å². The molecule has 0 saturated carbocycles. The Balaban J connectivity index is 2.01. The molecular weight excluding hydrogens is 230 g/mol. The molecule has 5 heteroatoms. The van der Waals surface area contributed by atoms with Gasteiger partial charge in [-0.1, -0.05) is 12.1 Å². The van der Waals surface area contributed by atoms with Crippen molar-refractivity contribution in [2.45, 2.75) is 18.9 Å². The van der Waals surface area contributed by atoms with E-state index in [9.17, 15) is 9.59 Å². The Labute approximate surface area is 106 Å². The van der Waals surface area contributed by atoms with E-state index in [1.165, 1.54) is 0 Å². The predicted octanol–water partition coefficient (Wildman–Crippen LogP) is 0.737. The minimum atomic E-state index is -0.110. The average Bonchev–Trinajstić information content (AvgIpc) is 2.41. The summed E-state index contributed by atoms with van der Waals surface area (Å²) < 4.78 is 0. The van der Waals surface area contributed by atoms with Crippen LogP contribution in [0.4, 0.5) is 5.69 Å². The van der Waals surface area contributed by atoms with Crippen molar-refractivity contribution in [1.29, 1.82) is 0 Å². The zero-order valence-electron chi connectivity index (χ0n) is 10.3. The Bertz CT molecular complexity index is 449. The van der Waals surface area contributed by atoms with Gasteiger partial charge in [0.05, 0.1) is 5.56 Å². The first-order valence-corrected chi connectivity index (χ1v) is 6.05. The lowest BCUT2D eigenvalue weighted by atomic mass is 10.1. The molecule has 1 fully saturated rings. The molecule has 0 spiro atoms. The van der Waals surface area contributed by atoms with Crippen LogP contribution in [0.15, 0.2) is 24.3 Å². The van der Waals surface area contributed by atoms with Crippen molar-refractivity contribution in [2.75, 3.05) is 18.9 Å². The van der Waals surface area contributed by atoms with Crippen molar-refractivity contribution < 1.29 is 9.59 Å². The van der Waals surface area contributed by atoms with Crippen LogP contribution in [-0.4, -0.2) is 31.4 Å². The number of benzene rings is 1. The smallest absolute Gasteiger partial charge is 0.253 e. The average molecular weight is 247 g/mol. The van der Waals surface area contributed by atoms with Crippen LogP contribution in [0.25, 0.3) is 0 Å². The highest BCUT2D eigenvalue weighted by atomic mass is 16.2. The number of carbonyl (C=O) groups is 2. The summed E-state index contributed by atoms with van der Waals surface area (Å²) >= 11 is 0. The Hall–Kier alpha value is -2.04. The highest BCUT2D eigenvalue weighted by Gasteiger charge is 2.20. The summed E-state index contributed by atoms with van der Waals surface area (Å²) in [5, 5.41) is 8.68. The molecule has 0 radical (unpaired) electrons. The molecule has 3 N–H and O–H groups in total. The fourth-order valence-corrected chi connectivity index (χ4v) is 2.02. The van der Waals surface area contributed by atoms with Gasteiger partial charge in [-0.3, -0.25) is 9.59 Å². The van der Waals surface area contributed by atoms with Crippen molar-refractivity contribution in [2.24, 2.45) is 0 Å². The summed E-state index contributed by atoms with van der Waals surface area (Å²) in [6.07, 6.45) is 1.16. The largest absolute Gasteiger partial charge is 0.387 e. The zero-order chi connectivity index (χ0) is 13.0. The van der Waals surface area contributed by atoms with E-state index in [2.05, 4.69) is 16.0 Å². The van der Waals surface area contributed by atoms with Crippen molar-refractivity contribution >= 4 is 17.5 Å². The topological polar surface area (TPSA) is 70.2 Å². The molecule has 0 aliphatic carbocycles. The number of piperidine rings is 1. The molecule has 96 valence electrons. The van der Waals surface area contributed by atoms with Gasteiger partial charge >= 0.3 is 0 Å². The Morgan fingerprint density at radius 3 is 2.83 bits per heavy atom. The molecule has 0 bridgehead atoms. The number of carbonyl (C=O) groups excluding carboxylic acids is 2. The zero-order valence-corrected chi connectivity index (χ0v) is 10.3. The van der Waals surface area contributed by atoms with Crippen molar-refractivity contribution in [3.05, 3.63) is 29.8 Å². The third-order valence-corrected chi connectivity index (χ3v) is 3.04. The van der Waals surface area contributed by atoms with Crippen LogP contribution in [0, 0.1) is 0 Å². The molecule has 1 aromatic carbocycles. The lowest BCUT2D eigenvalue weighted by molar-refractivity contribution is -0.122. The van der Waals surface area contributed by atoms with Gasteiger partial charge in [-0.05, 0) is 18.6 Å². The maximum atomic E-state index is 12.1. The number of amides is 2. The Morgan fingerprint density at radius 2 is 2.17 bits per heavy atom. The number of anilines is 1. The van der Waals surface area contributed by atoms with Crippen LogP contribution in [0.3, 0.4) is 0 Å². The number of hydrogen-bond donors (Lipinski definition) is 3. The van der Waals surface area contributed by atoms with Gasteiger partial charge in [0.15, 0.2) is 0 Å². The van der Waals surface area contributed by atoms with Crippen LogP contribution in [-0.2, 0) is 4.79 Å². The molecule has 5 nitrogen and oxygen atoms in total. The summed E-state index contributed by atoms with van der Waals surface area (Å²) in [6, 6.07) is 7.36. The molecule has 0 aromatic heterocycles. The normalized spacial score (nSPS) is 18.9. The molecule has 1 heterocycles. The summed E-state index contributed by atoms with van der Waals surface area (Å²) in [4.78, 5) is 23.1. The van der Waals surface area contributed by atoms with E-state index in [1.54, 1.807) is 13.1 Å². The number of para-hydroxylation sites is 1. The molecule has 2 amide bonds. The summed E-state index contributed by atoms with van der Waals surface area (Å²) in [6.45, 7) is 0.506. The van der Waals surface area contributed by atoms with E-state index in [1.807, 2.05) is 18.2 Å².